The molecule has 0 aliphatic heterocycles. The zero-order chi connectivity index (χ0) is 18.4. The molecule has 0 amide bonds. The van der Waals surface area contributed by atoms with Gasteiger partial charge in [0.05, 0.1) is 18.9 Å². The van der Waals surface area contributed by atoms with E-state index in [4.69, 9.17) is 9.47 Å². The molecule has 0 saturated heterocycles. The van der Waals surface area contributed by atoms with Crippen LogP contribution in [0.3, 0.4) is 0 Å². The molecule has 0 radical (unpaired) electrons. The Morgan fingerprint density at radius 3 is 2.69 bits per heavy atom. The smallest absolute Gasteiger partial charge is 0.214 e. The van der Waals surface area contributed by atoms with Crippen LogP contribution in [0.1, 0.15) is 0 Å². The third-order valence-electron chi connectivity index (χ3n) is 3.43. The number of ether oxygens (including phenoxy) is 2. The van der Waals surface area contributed by atoms with Crippen LogP contribution in [0.15, 0.2) is 53.7 Å². The summed E-state index contributed by atoms with van der Waals surface area (Å²) in [5.41, 5.74) is 0.774. The lowest BCUT2D eigenvalue weighted by atomic mass is 10.3. The maximum atomic E-state index is 13.5. The molecular weight excluding hydrogens is 359 g/mol. The van der Waals surface area contributed by atoms with E-state index in [1.165, 1.54) is 23.9 Å². The average Bonchev–Trinajstić information content (AvgIpc) is 3.14. The zero-order valence-electron chi connectivity index (χ0n) is 13.9. The van der Waals surface area contributed by atoms with Gasteiger partial charge < -0.3 is 14.6 Å². The van der Waals surface area contributed by atoms with Gasteiger partial charge in [-0.1, -0.05) is 23.9 Å². The number of aliphatic hydroxyl groups excluding tert-OH is 1. The van der Waals surface area contributed by atoms with Gasteiger partial charge in [-0.15, -0.1) is 5.10 Å². The average molecular weight is 376 g/mol. The Morgan fingerprint density at radius 1 is 1.19 bits per heavy atom. The van der Waals surface area contributed by atoms with Gasteiger partial charge in [0.15, 0.2) is 11.6 Å². The summed E-state index contributed by atoms with van der Waals surface area (Å²) in [5.74, 6) is 0.678. The molecule has 9 heteroatoms. The molecule has 2 aromatic carbocycles. The minimum absolute atomic E-state index is 0.0297. The van der Waals surface area contributed by atoms with Gasteiger partial charge in [0.1, 0.15) is 12.4 Å². The molecule has 0 aliphatic carbocycles. The van der Waals surface area contributed by atoms with Crippen molar-refractivity contribution in [3.63, 3.8) is 0 Å². The summed E-state index contributed by atoms with van der Waals surface area (Å²) in [4.78, 5) is 0. The minimum atomic E-state index is -0.805. The fraction of sp³-hybridized carbons (Fsp3) is 0.235. The highest BCUT2D eigenvalue weighted by molar-refractivity contribution is 7.99. The Morgan fingerprint density at radius 2 is 1.96 bits per heavy atom. The number of rotatable bonds is 8. The molecule has 1 N–H and O–H groups in total. The number of hydrogen-bond donors (Lipinski definition) is 1. The van der Waals surface area contributed by atoms with E-state index in [9.17, 15) is 9.50 Å². The van der Waals surface area contributed by atoms with Crippen LogP contribution in [0.4, 0.5) is 4.39 Å². The molecule has 0 fully saturated rings. The van der Waals surface area contributed by atoms with Crippen LogP contribution >= 0.6 is 11.8 Å². The highest BCUT2D eigenvalue weighted by atomic mass is 32.2. The zero-order valence-corrected chi connectivity index (χ0v) is 14.8. The molecule has 3 rings (SSSR count). The number of nitrogens with zero attached hydrogens (tertiary/aromatic N) is 4. The molecule has 1 heterocycles. The first kappa shape index (κ1) is 18.2. The second-order valence-corrected chi connectivity index (χ2v) is 6.26. The van der Waals surface area contributed by atoms with Crippen molar-refractivity contribution in [1.29, 1.82) is 0 Å². The first-order valence-corrected chi connectivity index (χ1v) is 8.77. The van der Waals surface area contributed by atoms with Crippen LogP contribution in [0.2, 0.25) is 0 Å². The van der Waals surface area contributed by atoms with Gasteiger partial charge in [-0.3, -0.25) is 0 Å². The maximum Gasteiger partial charge on any atom is 0.214 e. The largest absolute Gasteiger partial charge is 0.497 e. The van der Waals surface area contributed by atoms with Crippen molar-refractivity contribution in [2.45, 2.75) is 11.3 Å². The molecule has 0 saturated carbocycles. The Labute approximate surface area is 153 Å². The van der Waals surface area contributed by atoms with E-state index < -0.39 is 11.9 Å². The molecular formula is C17H17FN4O3S. The maximum absolute atomic E-state index is 13.5. The Balaban J connectivity index is 1.56. The molecule has 1 aromatic heterocycles. The van der Waals surface area contributed by atoms with Crippen molar-refractivity contribution < 1.29 is 19.0 Å². The van der Waals surface area contributed by atoms with Crippen LogP contribution in [-0.4, -0.2) is 50.9 Å². The summed E-state index contributed by atoms with van der Waals surface area (Å²) in [7, 11) is 1.60. The fourth-order valence-corrected chi connectivity index (χ4v) is 2.92. The lowest BCUT2D eigenvalue weighted by Crippen LogP contribution is -2.20. The number of thioether (sulfide) groups is 1. The van der Waals surface area contributed by atoms with Gasteiger partial charge in [-0.2, -0.15) is 4.68 Å². The van der Waals surface area contributed by atoms with Crippen molar-refractivity contribution in [2.24, 2.45) is 0 Å². The predicted octanol–water partition coefficient (Wildman–Crippen LogP) is 2.34. The van der Waals surface area contributed by atoms with E-state index in [1.54, 1.807) is 23.9 Å². The summed E-state index contributed by atoms with van der Waals surface area (Å²) in [6.45, 7) is -0.0297. The second-order valence-electron chi connectivity index (χ2n) is 5.28. The number of tetrazole rings is 1. The van der Waals surface area contributed by atoms with E-state index in [2.05, 4.69) is 15.5 Å². The minimum Gasteiger partial charge on any atom is -0.497 e. The summed E-state index contributed by atoms with van der Waals surface area (Å²) >= 11 is 1.28. The summed E-state index contributed by atoms with van der Waals surface area (Å²) in [6, 6.07) is 13.3. The van der Waals surface area contributed by atoms with Gasteiger partial charge in [-0.05, 0) is 46.8 Å². The molecule has 0 bridgehead atoms. The number of aliphatic hydroxyl groups is 1. The van der Waals surface area contributed by atoms with E-state index in [1.807, 2.05) is 24.3 Å². The van der Waals surface area contributed by atoms with Crippen molar-refractivity contribution in [3.05, 3.63) is 54.3 Å². The van der Waals surface area contributed by atoms with Gasteiger partial charge in [0, 0.05) is 5.75 Å². The molecule has 26 heavy (non-hydrogen) atoms. The Bertz CT molecular complexity index is 844. The van der Waals surface area contributed by atoms with Crippen LogP contribution in [0, 0.1) is 5.82 Å². The lowest BCUT2D eigenvalue weighted by molar-refractivity contribution is 0.123. The molecule has 136 valence electrons. The van der Waals surface area contributed by atoms with Gasteiger partial charge >= 0.3 is 0 Å². The van der Waals surface area contributed by atoms with E-state index in [0.29, 0.717) is 10.9 Å². The molecule has 0 aliphatic rings. The first-order valence-electron chi connectivity index (χ1n) is 7.78. The van der Waals surface area contributed by atoms with Crippen LogP contribution in [0.25, 0.3) is 5.69 Å². The Kier molecular flexibility index (Phi) is 6.03. The highest BCUT2D eigenvalue weighted by Crippen LogP contribution is 2.21. The fourth-order valence-electron chi connectivity index (χ4n) is 2.12. The number of aromatic nitrogens is 4. The Hall–Kier alpha value is -2.65. The van der Waals surface area contributed by atoms with E-state index in [0.717, 1.165) is 11.4 Å². The number of para-hydroxylation sites is 1. The molecule has 0 unspecified atom stereocenters. The number of hydrogen-bond acceptors (Lipinski definition) is 7. The SMILES string of the molecule is COc1ccc(-n2nnnc2SC[C@H](O)COc2ccccc2F)cc1. The van der Waals surface area contributed by atoms with Crippen molar-refractivity contribution in [2.75, 3.05) is 19.5 Å². The molecule has 1 atom stereocenters. The van der Waals surface area contributed by atoms with Crippen molar-refractivity contribution in [1.82, 2.24) is 20.2 Å². The van der Waals surface area contributed by atoms with Gasteiger partial charge in [0.2, 0.25) is 5.16 Å². The molecule has 0 spiro atoms. The van der Waals surface area contributed by atoms with E-state index in [-0.39, 0.29) is 12.4 Å². The molecule has 7 nitrogen and oxygen atoms in total. The third-order valence-corrected chi connectivity index (χ3v) is 4.49. The first-order chi connectivity index (χ1) is 12.7. The van der Waals surface area contributed by atoms with Crippen molar-refractivity contribution in [3.8, 4) is 17.2 Å². The van der Waals surface area contributed by atoms with Crippen LogP contribution in [-0.2, 0) is 0 Å². The van der Waals surface area contributed by atoms with Crippen LogP contribution in [0.5, 0.6) is 11.5 Å². The lowest BCUT2D eigenvalue weighted by Gasteiger charge is -2.12. The third kappa shape index (κ3) is 4.50. The summed E-state index contributed by atoms with van der Waals surface area (Å²) < 4.78 is 25.5. The number of methoxy groups -OCH3 is 1. The van der Waals surface area contributed by atoms with Crippen LogP contribution < -0.4 is 9.47 Å². The predicted molar refractivity (Wildman–Crippen MR) is 94.3 cm³/mol. The van der Waals surface area contributed by atoms with Crippen molar-refractivity contribution >= 4 is 11.8 Å². The summed E-state index contributed by atoms with van der Waals surface area (Å²) in [5, 5.41) is 22.2. The molecule has 3 aromatic rings. The standard InChI is InChI=1S/C17H17FN4O3S/c1-24-14-8-6-12(7-9-14)22-17(19-20-21-22)26-11-13(23)10-25-16-5-3-2-4-15(16)18/h2-9,13,23H,10-11H2,1H3/t13-/m1/s1. The topological polar surface area (TPSA) is 82.3 Å². The second kappa shape index (κ2) is 8.63. The van der Waals surface area contributed by atoms with Gasteiger partial charge in [0.25, 0.3) is 0 Å². The van der Waals surface area contributed by atoms with Gasteiger partial charge in [-0.25, -0.2) is 4.39 Å². The summed E-state index contributed by atoms with van der Waals surface area (Å²) in [6.07, 6.45) is -0.805. The monoisotopic (exact) mass is 376 g/mol. The number of benzene rings is 2. The highest BCUT2D eigenvalue weighted by Gasteiger charge is 2.13. The quantitative estimate of drug-likeness (QED) is 0.604. The normalized spacial score (nSPS) is 12.0. The van der Waals surface area contributed by atoms with E-state index >= 15 is 0 Å². The number of halogens is 1.